The van der Waals surface area contributed by atoms with E-state index in [0.717, 1.165) is 0 Å². The number of benzene rings is 1. The summed E-state index contributed by atoms with van der Waals surface area (Å²) in [5, 5.41) is 1.80. The number of hydrogen-bond donors (Lipinski definition) is 0. The second-order valence-corrected chi connectivity index (χ2v) is 4.90. The van der Waals surface area contributed by atoms with Crippen LogP contribution >= 0.6 is 11.3 Å². The monoisotopic (exact) mass is 266 g/mol. The van der Waals surface area contributed by atoms with E-state index in [-0.39, 0.29) is 5.78 Å². The van der Waals surface area contributed by atoms with E-state index >= 15 is 0 Å². The molecule has 0 aliphatic carbocycles. The van der Waals surface area contributed by atoms with E-state index in [1.807, 2.05) is 0 Å². The van der Waals surface area contributed by atoms with Gasteiger partial charge in [-0.05, 0) is 11.4 Å². The van der Waals surface area contributed by atoms with E-state index < -0.39 is 18.8 Å². The zero-order valence-electron chi connectivity index (χ0n) is 9.55. The summed E-state index contributed by atoms with van der Waals surface area (Å²) >= 11 is 1.34. The van der Waals surface area contributed by atoms with E-state index in [4.69, 9.17) is 0 Å². The molecule has 0 N–H and O–H groups in total. The van der Waals surface area contributed by atoms with Crippen molar-refractivity contribution in [3.8, 4) is 0 Å². The van der Waals surface area contributed by atoms with Crippen molar-refractivity contribution in [2.24, 2.45) is 0 Å². The normalized spacial score (nSPS) is 12.6. The molecule has 1 unspecified atom stereocenters. The molecule has 0 amide bonds. The molecule has 0 aliphatic rings. The number of thiophene rings is 1. The topological polar surface area (TPSA) is 17.1 Å². The maximum atomic E-state index is 12.6. The van der Waals surface area contributed by atoms with Gasteiger partial charge in [-0.1, -0.05) is 36.4 Å². The largest absolute Gasteiger partial charge is 0.293 e. The van der Waals surface area contributed by atoms with Gasteiger partial charge in [0.2, 0.25) is 6.43 Å². The van der Waals surface area contributed by atoms with Crippen LogP contribution < -0.4 is 0 Å². The first kappa shape index (κ1) is 12.9. The molecule has 0 saturated heterocycles. The molecule has 0 bridgehead atoms. The van der Waals surface area contributed by atoms with Gasteiger partial charge in [-0.25, -0.2) is 8.78 Å². The van der Waals surface area contributed by atoms with Crippen molar-refractivity contribution in [3.63, 3.8) is 0 Å². The summed E-state index contributed by atoms with van der Waals surface area (Å²) in [5.41, 5.74) is 0.483. The molecule has 0 saturated carbocycles. The quantitative estimate of drug-likeness (QED) is 0.734. The highest BCUT2D eigenvalue weighted by molar-refractivity contribution is 7.10. The first-order chi connectivity index (χ1) is 8.68. The second-order valence-electron chi connectivity index (χ2n) is 3.93. The lowest BCUT2D eigenvalue weighted by Gasteiger charge is -2.13. The van der Waals surface area contributed by atoms with E-state index in [9.17, 15) is 13.6 Å². The third kappa shape index (κ3) is 3.01. The van der Waals surface area contributed by atoms with Crippen LogP contribution in [0.1, 0.15) is 27.6 Å². The average Bonchev–Trinajstić information content (AvgIpc) is 2.89. The summed E-state index contributed by atoms with van der Waals surface area (Å²) in [5.74, 6) is -0.981. The smallest absolute Gasteiger partial charge is 0.239 e. The Morgan fingerprint density at radius 2 is 1.83 bits per heavy atom. The third-order valence-electron chi connectivity index (χ3n) is 2.68. The van der Waals surface area contributed by atoms with E-state index in [1.54, 1.807) is 47.8 Å². The van der Waals surface area contributed by atoms with Gasteiger partial charge in [0.05, 0.1) is 5.92 Å². The van der Waals surface area contributed by atoms with Crippen molar-refractivity contribution in [3.05, 3.63) is 58.3 Å². The molecule has 2 rings (SSSR count). The van der Waals surface area contributed by atoms with Crippen LogP contribution in [0, 0.1) is 0 Å². The number of Topliss-reactive ketones (excluding diaryl/α,β-unsaturated/α-hetero) is 1. The highest BCUT2D eigenvalue weighted by atomic mass is 32.1. The molecule has 0 spiro atoms. The van der Waals surface area contributed by atoms with Crippen molar-refractivity contribution < 1.29 is 13.6 Å². The van der Waals surface area contributed by atoms with Crippen LogP contribution in [-0.2, 0) is 0 Å². The van der Waals surface area contributed by atoms with Gasteiger partial charge in [-0.15, -0.1) is 11.3 Å². The molecule has 1 aromatic carbocycles. The third-order valence-corrected chi connectivity index (χ3v) is 3.66. The fourth-order valence-electron chi connectivity index (χ4n) is 1.82. The summed E-state index contributed by atoms with van der Waals surface area (Å²) in [6, 6.07) is 12.1. The Labute approximate surface area is 108 Å². The summed E-state index contributed by atoms with van der Waals surface area (Å²) in [4.78, 5) is 13.0. The molecule has 0 aliphatic heterocycles. The number of halogens is 2. The number of alkyl halides is 2. The minimum atomic E-state index is -2.48. The minimum absolute atomic E-state index is 0.238. The van der Waals surface area contributed by atoms with Crippen LogP contribution in [0.5, 0.6) is 0 Å². The minimum Gasteiger partial charge on any atom is -0.293 e. The molecule has 1 atom stereocenters. The van der Waals surface area contributed by atoms with E-state index in [2.05, 4.69) is 0 Å². The zero-order valence-corrected chi connectivity index (χ0v) is 10.4. The van der Waals surface area contributed by atoms with Gasteiger partial charge >= 0.3 is 0 Å². The average molecular weight is 266 g/mol. The van der Waals surface area contributed by atoms with Gasteiger partial charge in [-0.2, -0.15) is 0 Å². The van der Waals surface area contributed by atoms with Crippen molar-refractivity contribution in [2.75, 3.05) is 0 Å². The van der Waals surface area contributed by atoms with Crippen molar-refractivity contribution in [1.82, 2.24) is 0 Å². The van der Waals surface area contributed by atoms with E-state index in [0.29, 0.717) is 10.4 Å². The Morgan fingerprint density at radius 3 is 2.39 bits per heavy atom. The molecule has 18 heavy (non-hydrogen) atoms. The Hall–Kier alpha value is -1.55. The van der Waals surface area contributed by atoms with Crippen molar-refractivity contribution in [1.29, 1.82) is 0 Å². The van der Waals surface area contributed by atoms with Gasteiger partial charge in [0.25, 0.3) is 0 Å². The van der Waals surface area contributed by atoms with Gasteiger partial charge < -0.3 is 0 Å². The van der Waals surface area contributed by atoms with Crippen LogP contribution in [0.4, 0.5) is 8.78 Å². The van der Waals surface area contributed by atoms with Crippen LogP contribution in [0.15, 0.2) is 47.8 Å². The molecular formula is C14H12F2OS. The Bertz CT molecular complexity index is 494. The summed E-state index contributed by atoms with van der Waals surface area (Å²) in [6.45, 7) is 0. The number of hydrogen-bond acceptors (Lipinski definition) is 2. The SMILES string of the molecule is O=C(c1ccccc1)C(CC(F)F)c1cccs1. The highest BCUT2D eigenvalue weighted by Crippen LogP contribution is 2.30. The summed E-state index contributed by atoms with van der Waals surface area (Å²) in [6.07, 6.45) is -2.90. The molecule has 4 heteroatoms. The van der Waals surface area contributed by atoms with Gasteiger partial charge in [-0.3, -0.25) is 4.79 Å². The van der Waals surface area contributed by atoms with Crippen molar-refractivity contribution >= 4 is 17.1 Å². The van der Waals surface area contributed by atoms with Gasteiger partial charge in [0.15, 0.2) is 5.78 Å². The Balaban J connectivity index is 2.27. The lowest BCUT2D eigenvalue weighted by Crippen LogP contribution is -2.15. The second kappa shape index (κ2) is 5.87. The van der Waals surface area contributed by atoms with Crippen molar-refractivity contribution in [2.45, 2.75) is 18.8 Å². The van der Waals surface area contributed by atoms with Gasteiger partial charge in [0, 0.05) is 16.9 Å². The Morgan fingerprint density at radius 1 is 1.11 bits per heavy atom. The first-order valence-electron chi connectivity index (χ1n) is 5.59. The van der Waals surface area contributed by atoms with Crippen LogP contribution in [0.2, 0.25) is 0 Å². The predicted molar refractivity (Wildman–Crippen MR) is 68.5 cm³/mol. The maximum absolute atomic E-state index is 12.6. The summed E-state index contributed by atoms with van der Waals surface area (Å²) < 4.78 is 25.2. The predicted octanol–water partition coefficient (Wildman–Crippen LogP) is 4.37. The number of carbonyl (C=O) groups is 1. The molecular weight excluding hydrogens is 254 g/mol. The molecule has 0 radical (unpaired) electrons. The fourth-order valence-corrected chi connectivity index (χ4v) is 2.66. The highest BCUT2D eigenvalue weighted by Gasteiger charge is 2.26. The molecule has 1 nitrogen and oxygen atoms in total. The van der Waals surface area contributed by atoms with Crippen LogP contribution in [0.3, 0.4) is 0 Å². The first-order valence-corrected chi connectivity index (χ1v) is 6.47. The zero-order chi connectivity index (χ0) is 13.0. The molecule has 0 fully saturated rings. The fraction of sp³-hybridized carbons (Fsp3) is 0.214. The number of carbonyl (C=O) groups excluding carboxylic acids is 1. The lowest BCUT2D eigenvalue weighted by molar-refractivity contribution is 0.0864. The number of ketones is 1. The molecule has 1 aromatic heterocycles. The van der Waals surface area contributed by atoms with Crippen LogP contribution in [-0.4, -0.2) is 12.2 Å². The standard InChI is InChI=1S/C14H12F2OS/c15-13(16)9-11(12-7-4-8-18-12)14(17)10-5-2-1-3-6-10/h1-8,11,13H,9H2. The lowest BCUT2D eigenvalue weighted by atomic mass is 9.93. The molecule has 1 heterocycles. The van der Waals surface area contributed by atoms with E-state index in [1.165, 1.54) is 11.3 Å². The van der Waals surface area contributed by atoms with Gasteiger partial charge in [0.1, 0.15) is 0 Å². The number of rotatable bonds is 5. The summed E-state index contributed by atoms with van der Waals surface area (Å²) in [7, 11) is 0. The molecule has 94 valence electrons. The molecule has 2 aromatic rings. The Kier molecular flexibility index (Phi) is 4.20. The maximum Gasteiger partial charge on any atom is 0.239 e. The van der Waals surface area contributed by atoms with Crippen LogP contribution in [0.25, 0.3) is 0 Å².